The number of benzene rings is 2. The Morgan fingerprint density at radius 3 is 2.59 bits per heavy atom. The minimum Gasteiger partial charge on any atom is -0.326 e. The van der Waals surface area contributed by atoms with Gasteiger partial charge < -0.3 is 5.32 Å². The topological polar surface area (TPSA) is 127 Å². The van der Waals surface area contributed by atoms with E-state index in [1.807, 2.05) is 0 Å². The second-order valence-corrected chi connectivity index (χ2v) is 5.66. The highest BCUT2D eigenvalue weighted by Crippen LogP contribution is 2.21. The minimum atomic E-state index is -1.02. The number of aromatic nitrogens is 2. The summed E-state index contributed by atoms with van der Waals surface area (Å²) >= 11 is 0. The van der Waals surface area contributed by atoms with Crippen molar-refractivity contribution in [3.63, 3.8) is 0 Å². The van der Waals surface area contributed by atoms with E-state index in [2.05, 4.69) is 10.4 Å². The molecule has 3 aromatic rings. The van der Waals surface area contributed by atoms with Crippen molar-refractivity contribution in [1.82, 2.24) is 9.78 Å². The number of anilines is 1. The van der Waals surface area contributed by atoms with Crippen LogP contribution in [0.1, 0.15) is 6.42 Å². The number of rotatable bonds is 5. The number of nitro groups is 1. The lowest BCUT2D eigenvalue weighted by Crippen LogP contribution is -2.31. The Labute approximate surface area is 150 Å². The van der Waals surface area contributed by atoms with E-state index in [1.54, 1.807) is 12.1 Å². The van der Waals surface area contributed by atoms with Crippen molar-refractivity contribution in [2.45, 2.75) is 13.0 Å². The van der Waals surface area contributed by atoms with Crippen LogP contribution in [0.15, 0.2) is 52.1 Å². The van der Waals surface area contributed by atoms with E-state index in [0.717, 1.165) is 16.8 Å². The van der Waals surface area contributed by atoms with Gasteiger partial charge in [-0.1, -0.05) is 12.1 Å². The van der Waals surface area contributed by atoms with Crippen molar-refractivity contribution in [2.75, 3.05) is 5.32 Å². The number of nitrogens with zero attached hydrogens (tertiary/aromatic N) is 2. The predicted octanol–water partition coefficient (Wildman–Crippen LogP) is 1.77. The number of halogens is 1. The van der Waals surface area contributed by atoms with E-state index < -0.39 is 33.5 Å². The zero-order valence-corrected chi connectivity index (χ0v) is 13.8. The highest BCUT2D eigenvalue weighted by molar-refractivity contribution is 5.91. The molecule has 1 heterocycles. The summed E-state index contributed by atoms with van der Waals surface area (Å²) in [5.41, 5.74) is -1.62. The van der Waals surface area contributed by atoms with Crippen LogP contribution >= 0.6 is 0 Å². The number of fused-ring (bicyclic) bond motifs is 1. The van der Waals surface area contributed by atoms with E-state index in [-0.39, 0.29) is 29.4 Å². The van der Waals surface area contributed by atoms with Crippen LogP contribution in [0.3, 0.4) is 0 Å². The van der Waals surface area contributed by atoms with E-state index in [4.69, 9.17) is 0 Å². The number of carbonyl (C=O) groups excluding carboxylic acids is 1. The zero-order chi connectivity index (χ0) is 19.6. The summed E-state index contributed by atoms with van der Waals surface area (Å²) in [7, 11) is 0. The molecule has 2 N–H and O–H groups in total. The molecule has 0 radical (unpaired) electrons. The van der Waals surface area contributed by atoms with E-state index in [1.165, 1.54) is 18.2 Å². The lowest BCUT2D eigenvalue weighted by atomic mass is 10.2. The number of nitrogens with one attached hydrogen (secondary N) is 2. The van der Waals surface area contributed by atoms with Crippen LogP contribution in [0.2, 0.25) is 0 Å². The van der Waals surface area contributed by atoms with Crippen molar-refractivity contribution < 1.29 is 14.1 Å². The molecular formula is C17H13FN4O5. The maximum atomic E-state index is 13.3. The molecule has 9 nitrogen and oxygen atoms in total. The Morgan fingerprint density at radius 2 is 1.89 bits per heavy atom. The molecular weight excluding hydrogens is 359 g/mol. The molecule has 3 rings (SSSR count). The standard InChI is InChI=1S/C17H13FN4O5/c18-13-6-5-10(9-14(13)22(26)27)19-15(23)7-8-21-17(25)12-4-2-1-3-11(12)16(24)20-21/h1-6,9H,7-8H2,(H,19,23)(H,20,24). The molecule has 0 spiro atoms. The minimum absolute atomic E-state index is 0.0486. The molecule has 0 saturated heterocycles. The average Bonchev–Trinajstić information content (AvgIpc) is 2.65. The van der Waals surface area contributed by atoms with E-state index in [9.17, 15) is 28.9 Å². The highest BCUT2D eigenvalue weighted by atomic mass is 19.1. The second kappa shape index (κ2) is 7.20. The molecule has 2 aromatic carbocycles. The maximum absolute atomic E-state index is 13.3. The fourth-order valence-electron chi connectivity index (χ4n) is 2.57. The summed E-state index contributed by atoms with van der Waals surface area (Å²) in [6.07, 6.45) is -0.181. The third-order valence-electron chi connectivity index (χ3n) is 3.87. The number of carbonyl (C=O) groups is 1. The summed E-state index contributed by atoms with van der Waals surface area (Å²) < 4.78 is 14.3. The maximum Gasteiger partial charge on any atom is 0.306 e. The largest absolute Gasteiger partial charge is 0.326 e. The van der Waals surface area contributed by atoms with Crippen LogP contribution < -0.4 is 16.4 Å². The molecule has 0 aliphatic heterocycles. The lowest BCUT2D eigenvalue weighted by molar-refractivity contribution is -0.387. The average molecular weight is 372 g/mol. The molecule has 1 aromatic heterocycles. The van der Waals surface area contributed by atoms with Gasteiger partial charge in [-0.15, -0.1) is 0 Å². The van der Waals surface area contributed by atoms with Gasteiger partial charge in [0, 0.05) is 18.2 Å². The number of nitro benzene ring substituents is 1. The summed E-state index contributed by atoms with van der Waals surface area (Å²) in [5.74, 6) is -1.57. The van der Waals surface area contributed by atoms with E-state index in [0.29, 0.717) is 0 Å². The summed E-state index contributed by atoms with van der Waals surface area (Å²) in [6.45, 7) is -0.103. The van der Waals surface area contributed by atoms with Gasteiger partial charge in [0.15, 0.2) is 0 Å². The third-order valence-corrected chi connectivity index (χ3v) is 3.87. The van der Waals surface area contributed by atoms with Crippen molar-refractivity contribution in [2.24, 2.45) is 0 Å². The number of hydrogen-bond acceptors (Lipinski definition) is 5. The quantitative estimate of drug-likeness (QED) is 0.521. The van der Waals surface area contributed by atoms with Gasteiger partial charge in [-0.2, -0.15) is 4.39 Å². The summed E-state index contributed by atoms with van der Waals surface area (Å²) in [5, 5.41) is 16.0. The smallest absolute Gasteiger partial charge is 0.306 e. The van der Waals surface area contributed by atoms with Crippen LogP contribution in [-0.4, -0.2) is 20.6 Å². The predicted molar refractivity (Wildman–Crippen MR) is 95.1 cm³/mol. The van der Waals surface area contributed by atoms with Gasteiger partial charge in [0.1, 0.15) is 0 Å². The fourth-order valence-corrected chi connectivity index (χ4v) is 2.57. The molecule has 0 fully saturated rings. The van der Waals surface area contributed by atoms with Crippen LogP contribution in [0.4, 0.5) is 15.8 Å². The molecule has 10 heteroatoms. The summed E-state index contributed by atoms with van der Waals surface area (Å²) in [4.78, 5) is 46.2. The molecule has 138 valence electrons. The highest BCUT2D eigenvalue weighted by Gasteiger charge is 2.15. The molecule has 0 aliphatic rings. The normalized spacial score (nSPS) is 10.7. The molecule has 0 saturated carbocycles. The molecule has 1 amide bonds. The summed E-state index contributed by atoms with van der Waals surface area (Å²) in [6, 6.07) is 9.26. The van der Waals surface area contributed by atoms with Gasteiger partial charge in [0.05, 0.1) is 22.2 Å². The zero-order valence-electron chi connectivity index (χ0n) is 13.8. The van der Waals surface area contributed by atoms with Crippen LogP contribution in [0.25, 0.3) is 10.8 Å². The van der Waals surface area contributed by atoms with Crippen molar-refractivity contribution in [1.29, 1.82) is 0 Å². The molecule has 27 heavy (non-hydrogen) atoms. The Kier molecular flexibility index (Phi) is 4.79. The number of amides is 1. The molecule has 0 atom stereocenters. The molecule has 0 bridgehead atoms. The van der Waals surface area contributed by atoms with Gasteiger partial charge in [-0.25, -0.2) is 4.68 Å². The number of hydrogen-bond donors (Lipinski definition) is 2. The van der Waals surface area contributed by atoms with Crippen LogP contribution in [-0.2, 0) is 11.3 Å². The number of aryl methyl sites for hydroxylation is 1. The Balaban J connectivity index is 1.75. The van der Waals surface area contributed by atoms with Crippen molar-refractivity contribution in [3.8, 4) is 0 Å². The first-order valence-electron chi connectivity index (χ1n) is 7.82. The first-order valence-corrected chi connectivity index (χ1v) is 7.82. The second-order valence-electron chi connectivity index (χ2n) is 5.66. The van der Waals surface area contributed by atoms with Crippen molar-refractivity contribution in [3.05, 3.63) is 79.1 Å². The first kappa shape index (κ1) is 18.0. The van der Waals surface area contributed by atoms with Gasteiger partial charge in [0.25, 0.3) is 11.1 Å². The van der Waals surface area contributed by atoms with Gasteiger partial charge in [-0.3, -0.25) is 29.6 Å². The lowest BCUT2D eigenvalue weighted by Gasteiger charge is -2.08. The van der Waals surface area contributed by atoms with Crippen LogP contribution in [0, 0.1) is 15.9 Å². The monoisotopic (exact) mass is 372 g/mol. The first-order chi connectivity index (χ1) is 12.9. The number of H-pyrrole nitrogens is 1. The number of aromatic amines is 1. The van der Waals surface area contributed by atoms with Gasteiger partial charge >= 0.3 is 5.69 Å². The van der Waals surface area contributed by atoms with Gasteiger partial charge in [-0.05, 0) is 24.3 Å². The van der Waals surface area contributed by atoms with E-state index >= 15 is 0 Å². The molecule has 0 aliphatic carbocycles. The third kappa shape index (κ3) is 3.73. The Morgan fingerprint density at radius 1 is 1.19 bits per heavy atom. The van der Waals surface area contributed by atoms with Crippen LogP contribution in [0.5, 0.6) is 0 Å². The Hall–Kier alpha value is -3.82. The SMILES string of the molecule is O=C(CCn1[nH]c(=O)c2ccccc2c1=O)Nc1ccc(F)c([N+](=O)[O-])c1. The molecule has 0 unspecified atom stereocenters. The van der Waals surface area contributed by atoms with Gasteiger partial charge in [0.2, 0.25) is 11.7 Å². The Bertz CT molecular complexity index is 1170. The fraction of sp³-hybridized carbons (Fsp3) is 0.118. The van der Waals surface area contributed by atoms with Crippen molar-refractivity contribution >= 4 is 28.1 Å².